The van der Waals surface area contributed by atoms with Crippen molar-refractivity contribution in [3.8, 4) is 11.1 Å². The van der Waals surface area contributed by atoms with E-state index in [4.69, 9.17) is 0 Å². The van der Waals surface area contributed by atoms with E-state index in [1.165, 1.54) is 5.56 Å². The fourth-order valence-electron chi connectivity index (χ4n) is 2.19. The summed E-state index contributed by atoms with van der Waals surface area (Å²) in [5.74, 6) is -0.131. The summed E-state index contributed by atoms with van der Waals surface area (Å²) in [7, 11) is 0. The zero-order valence-electron chi connectivity index (χ0n) is 11.6. The number of carbonyl (C=O) groups excluding carboxylic acids is 1. The Morgan fingerprint density at radius 1 is 1.23 bits per heavy atom. The number of amides is 1. The zero-order chi connectivity index (χ0) is 15.4. The van der Waals surface area contributed by atoms with Crippen LogP contribution in [0.2, 0.25) is 0 Å². The normalized spacial score (nSPS) is 10.4. The molecular formula is C17H13BrN2OS. The third kappa shape index (κ3) is 3.43. The van der Waals surface area contributed by atoms with Crippen LogP contribution in [0.25, 0.3) is 11.1 Å². The first-order valence-electron chi connectivity index (χ1n) is 6.73. The van der Waals surface area contributed by atoms with Crippen LogP contribution in [0.3, 0.4) is 0 Å². The highest BCUT2D eigenvalue weighted by molar-refractivity contribution is 9.10. The van der Waals surface area contributed by atoms with E-state index >= 15 is 0 Å². The molecule has 0 aliphatic rings. The highest BCUT2D eigenvalue weighted by Gasteiger charge is 2.09. The summed E-state index contributed by atoms with van der Waals surface area (Å²) in [6, 6.07) is 11.9. The van der Waals surface area contributed by atoms with Gasteiger partial charge in [-0.15, -0.1) is 0 Å². The van der Waals surface area contributed by atoms with Gasteiger partial charge in [0.1, 0.15) is 0 Å². The van der Waals surface area contributed by atoms with Gasteiger partial charge in [-0.05, 0) is 55.5 Å². The van der Waals surface area contributed by atoms with Gasteiger partial charge < -0.3 is 5.32 Å². The van der Waals surface area contributed by atoms with Crippen LogP contribution in [0.15, 0.2) is 64.0 Å². The average molecular weight is 373 g/mol. The molecule has 5 heteroatoms. The SMILES string of the molecule is O=C(NCc1ccccc1-c1ccsc1)c1cncc(Br)c1. The van der Waals surface area contributed by atoms with Crippen LogP contribution in [0.1, 0.15) is 15.9 Å². The molecule has 110 valence electrons. The summed E-state index contributed by atoms with van der Waals surface area (Å²) in [5, 5.41) is 7.11. The van der Waals surface area contributed by atoms with Crippen LogP contribution in [-0.2, 0) is 6.54 Å². The predicted octanol–water partition coefficient (Wildman–Crippen LogP) is 4.50. The van der Waals surface area contributed by atoms with Crippen molar-refractivity contribution in [2.24, 2.45) is 0 Å². The number of thiophene rings is 1. The van der Waals surface area contributed by atoms with E-state index in [1.807, 2.05) is 18.2 Å². The number of halogens is 1. The van der Waals surface area contributed by atoms with Crippen LogP contribution >= 0.6 is 27.3 Å². The monoisotopic (exact) mass is 372 g/mol. The maximum Gasteiger partial charge on any atom is 0.253 e. The molecule has 22 heavy (non-hydrogen) atoms. The summed E-state index contributed by atoms with van der Waals surface area (Å²) in [6.07, 6.45) is 3.22. The first-order valence-corrected chi connectivity index (χ1v) is 8.47. The number of aromatic nitrogens is 1. The number of hydrogen-bond acceptors (Lipinski definition) is 3. The molecule has 0 aliphatic heterocycles. The lowest BCUT2D eigenvalue weighted by Gasteiger charge is -2.10. The smallest absolute Gasteiger partial charge is 0.253 e. The fraction of sp³-hybridized carbons (Fsp3) is 0.0588. The molecule has 0 spiro atoms. The Morgan fingerprint density at radius 2 is 2.09 bits per heavy atom. The second-order valence-corrected chi connectivity index (χ2v) is 6.44. The van der Waals surface area contributed by atoms with Crippen molar-refractivity contribution >= 4 is 33.2 Å². The number of carbonyl (C=O) groups is 1. The van der Waals surface area contributed by atoms with Gasteiger partial charge in [0.05, 0.1) is 5.56 Å². The summed E-state index contributed by atoms with van der Waals surface area (Å²) in [5.41, 5.74) is 3.97. The van der Waals surface area contributed by atoms with Crippen molar-refractivity contribution in [2.45, 2.75) is 6.54 Å². The van der Waals surface area contributed by atoms with Crippen LogP contribution in [0.4, 0.5) is 0 Å². The third-order valence-electron chi connectivity index (χ3n) is 3.26. The van der Waals surface area contributed by atoms with E-state index in [2.05, 4.69) is 49.1 Å². The Balaban J connectivity index is 1.76. The van der Waals surface area contributed by atoms with E-state index in [0.717, 1.165) is 15.6 Å². The molecule has 3 nitrogen and oxygen atoms in total. The molecular weight excluding hydrogens is 360 g/mol. The van der Waals surface area contributed by atoms with Crippen molar-refractivity contribution in [3.05, 3.63) is 75.2 Å². The number of hydrogen-bond donors (Lipinski definition) is 1. The van der Waals surface area contributed by atoms with E-state index in [1.54, 1.807) is 29.8 Å². The van der Waals surface area contributed by atoms with Gasteiger partial charge in [0, 0.05) is 23.4 Å². The first-order chi connectivity index (χ1) is 10.7. The molecule has 3 rings (SSSR count). The Bertz CT molecular complexity index is 787. The van der Waals surface area contributed by atoms with Crippen molar-refractivity contribution in [1.29, 1.82) is 0 Å². The Morgan fingerprint density at radius 3 is 2.86 bits per heavy atom. The predicted molar refractivity (Wildman–Crippen MR) is 92.9 cm³/mol. The highest BCUT2D eigenvalue weighted by atomic mass is 79.9. The molecule has 0 saturated heterocycles. The number of benzene rings is 1. The van der Waals surface area contributed by atoms with Gasteiger partial charge in [-0.1, -0.05) is 24.3 Å². The Hall–Kier alpha value is -1.98. The molecule has 0 fully saturated rings. The second kappa shape index (κ2) is 6.85. The van der Waals surface area contributed by atoms with Crippen LogP contribution in [0, 0.1) is 0 Å². The lowest BCUT2D eigenvalue weighted by Crippen LogP contribution is -2.23. The van der Waals surface area contributed by atoms with Crippen LogP contribution < -0.4 is 5.32 Å². The molecule has 3 aromatic rings. The van der Waals surface area contributed by atoms with Crippen molar-refractivity contribution in [1.82, 2.24) is 10.3 Å². The first kappa shape index (κ1) is 14.9. The molecule has 0 atom stereocenters. The van der Waals surface area contributed by atoms with Crippen molar-refractivity contribution in [3.63, 3.8) is 0 Å². The Kier molecular flexibility index (Phi) is 4.65. The molecule has 1 aromatic carbocycles. The van der Waals surface area contributed by atoms with Crippen molar-refractivity contribution < 1.29 is 4.79 Å². The minimum Gasteiger partial charge on any atom is -0.348 e. The zero-order valence-corrected chi connectivity index (χ0v) is 14.0. The molecule has 0 bridgehead atoms. The lowest BCUT2D eigenvalue weighted by molar-refractivity contribution is 0.0950. The van der Waals surface area contributed by atoms with Gasteiger partial charge >= 0.3 is 0 Å². The fourth-order valence-corrected chi connectivity index (χ4v) is 3.21. The summed E-state index contributed by atoms with van der Waals surface area (Å²) < 4.78 is 0.791. The minimum absolute atomic E-state index is 0.131. The van der Waals surface area contributed by atoms with Gasteiger partial charge in [-0.25, -0.2) is 0 Å². The van der Waals surface area contributed by atoms with Crippen LogP contribution in [-0.4, -0.2) is 10.9 Å². The van der Waals surface area contributed by atoms with Gasteiger partial charge in [0.15, 0.2) is 0 Å². The topological polar surface area (TPSA) is 42.0 Å². The number of nitrogens with zero attached hydrogens (tertiary/aromatic N) is 1. The molecule has 1 amide bonds. The molecule has 0 aliphatic carbocycles. The number of rotatable bonds is 4. The van der Waals surface area contributed by atoms with E-state index in [0.29, 0.717) is 12.1 Å². The molecule has 0 radical (unpaired) electrons. The molecule has 0 saturated carbocycles. The molecule has 0 unspecified atom stereocenters. The molecule has 1 N–H and O–H groups in total. The third-order valence-corrected chi connectivity index (χ3v) is 4.37. The average Bonchev–Trinajstić information content (AvgIpc) is 3.07. The largest absolute Gasteiger partial charge is 0.348 e. The van der Waals surface area contributed by atoms with Crippen molar-refractivity contribution in [2.75, 3.05) is 0 Å². The number of pyridine rings is 1. The Labute approximate surface area is 141 Å². The lowest BCUT2D eigenvalue weighted by atomic mass is 10.0. The molecule has 2 heterocycles. The van der Waals surface area contributed by atoms with Gasteiger partial charge in [-0.3, -0.25) is 9.78 Å². The summed E-state index contributed by atoms with van der Waals surface area (Å²) >= 11 is 4.99. The quantitative estimate of drug-likeness (QED) is 0.732. The number of nitrogens with one attached hydrogen (secondary N) is 1. The standard InChI is InChI=1S/C17H13BrN2OS/c18-15-7-14(8-19-10-15)17(21)20-9-12-3-1-2-4-16(12)13-5-6-22-11-13/h1-8,10-11H,9H2,(H,20,21). The summed E-state index contributed by atoms with van der Waals surface area (Å²) in [4.78, 5) is 16.2. The van der Waals surface area contributed by atoms with E-state index in [9.17, 15) is 4.79 Å². The van der Waals surface area contributed by atoms with Gasteiger partial charge in [0.2, 0.25) is 0 Å². The van der Waals surface area contributed by atoms with Crippen LogP contribution in [0.5, 0.6) is 0 Å². The van der Waals surface area contributed by atoms with Gasteiger partial charge in [-0.2, -0.15) is 11.3 Å². The minimum atomic E-state index is -0.131. The maximum absolute atomic E-state index is 12.2. The van der Waals surface area contributed by atoms with Gasteiger partial charge in [0.25, 0.3) is 5.91 Å². The maximum atomic E-state index is 12.2. The highest BCUT2D eigenvalue weighted by Crippen LogP contribution is 2.25. The summed E-state index contributed by atoms with van der Waals surface area (Å²) in [6.45, 7) is 0.483. The van der Waals surface area contributed by atoms with E-state index < -0.39 is 0 Å². The van der Waals surface area contributed by atoms with E-state index in [-0.39, 0.29) is 5.91 Å². The second-order valence-electron chi connectivity index (χ2n) is 4.74. The molecule has 2 aromatic heterocycles.